The van der Waals surface area contributed by atoms with E-state index in [1.54, 1.807) is 0 Å². The van der Waals surface area contributed by atoms with Gasteiger partial charge >= 0.3 is 5.97 Å². The fourth-order valence-corrected chi connectivity index (χ4v) is 7.68. The standard InChI is InChI=1S/C30H46ClN3O2/c1-21(2)19-30(29(35)36-5)28(34(20-32-30)26-9-7-6-8-10-26)24-13-11-22(12-14-24)27(33(3)4)23-15-17-25(31)18-16-23/h15-18,20-22,24,26-28H,6-14,19H2,1-5H3. The molecule has 0 spiro atoms. The van der Waals surface area contributed by atoms with E-state index in [1.165, 1.54) is 44.8 Å². The van der Waals surface area contributed by atoms with E-state index >= 15 is 0 Å². The summed E-state index contributed by atoms with van der Waals surface area (Å²) < 4.78 is 5.46. The summed E-state index contributed by atoms with van der Waals surface area (Å²) in [5.74, 6) is 1.25. The Morgan fingerprint density at radius 3 is 2.28 bits per heavy atom. The largest absolute Gasteiger partial charge is 0.467 e. The lowest BCUT2D eigenvalue weighted by Gasteiger charge is -2.47. The first kappa shape index (κ1) is 27.4. The topological polar surface area (TPSA) is 45.1 Å². The number of rotatable bonds is 8. The highest BCUT2D eigenvalue weighted by molar-refractivity contribution is 6.30. The SMILES string of the molecule is COC(=O)C1(CC(C)C)N=CN(C2CCCCC2)C1C1CCC(C(c2ccc(Cl)cc2)N(C)C)CC1. The zero-order chi connectivity index (χ0) is 25.9. The summed E-state index contributed by atoms with van der Waals surface area (Å²) in [5.41, 5.74) is 0.555. The zero-order valence-corrected chi connectivity index (χ0v) is 23.7. The van der Waals surface area contributed by atoms with Gasteiger partial charge < -0.3 is 14.5 Å². The maximum absolute atomic E-state index is 13.4. The molecule has 3 aliphatic rings. The van der Waals surface area contributed by atoms with E-state index in [2.05, 4.69) is 49.9 Å². The van der Waals surface area contributed by atoms with E-state index < -0.39 is 5.54 Å². The van der Waals surface area contributed by atoms with Gasteiger partial charge in [-0.3, -0.25) is 4.99 Å². The molecule has 0 saturated heterocycles. The molecule has 2 fully saturated rings. The summed E-state index contributed by atoms with van der Waals surface area (Å²) in [6.45, 7) is 4.40. The van der Waals surface area contributed by atoms with Gasteiger partial charge in [-0.25, -0.2) is 4.79 Å². The summed E-state index contributed by atoms with van der Waals surface area (Å²) in [5, 5.41) is 0.785. The lowest BCUT2D eigenvalue weighted by Crippen LogP contribution is -2.58. The highest BCUT2D eigenvalue weighted by Gasteiger charge is 2.56. The molecule has 200 valence electrons. The number of methoxy groups -OCH3 is 1. The van der Waals surface area contributed by atoms with E-state index in [9.17, 15) is 4.79 Å². The van der Waals surface area contributed by atoms with Crippen molar-refractivity contribution in [2.24, 2.45) is 22.7 Å². The second-order valence-corrected chi connectivity index (χ2v) is 12.5. The predicted molar refractivity (Wildman–Crippen MR) is 149 cm³/mol. The highest BCUT2D eigenvalue weighted by Crippen LogP contribution is 2.47. The predicted octanol–water partition coefficient (Wildman–Crippen LogP) is 6.75. The van der Waals surface area contributed by atoms with Gasteiger partial charge in [0.2, 0.25) is 0 Å². The van der Waals surface area contributed by atoms with Gasteiger partial charge in [-0.05, 0) is 94.5 Å². The van der Waals surface area contributed by atoms with Crippen LogP contribution in [0.15, 0.2) is 29.3 Å². The van der Waals surface area contributed by atoms with Crippen molar-refractivity contribution >= 4 is 23.9 Å². The van der Waals surface area contributed by atoms with Crippen LogP contribution in [0.25, 0.3) is 0 Å². The van der Waals surface area contributed by atoms with Crippen molar-refractivity contribution in [3.63, 3.8) is 0 Å². The number of benzene rings is 1. The Labute approximate surface area is 223 Å². The first-order chi connectivity index (χ1) is 17.3. The van der Waals surface area contributed by atoms with Gasteiger partial charge in [-0.15, -0.1) is 0 Å². The van der Waals surface area contributed by atoms with Crippen LogP contribution in [0.1, 0.15) is 89.7 Å². The van der Waals surface area contributed by atoms with Crippen molar-refractivity contribution < 1.29 is 9.53 Å². The van der Waals surface area contributed by atoms with Gasteiger partial charge in [-0.2, -0.15) is 0 Å². The molecule has 0 N–H and O–H groups in total. The van der Waals surface area contributed by atoms with Crippen molar-refractivity contribution in [2.45, 2.75) is 102 Å². The van der Waals surface area contributed by atoms with Crippen molar-refractivity contribution in [1.29, 1.82) is 0 Å². The molecule has 6 heteroatoms. The molecule has 0 amide bonds. The van der Waals surface area contributed by atoms with E-state index in [0.717, 1.165) is 37.1 Å². The van der Waals surface area contributed by atoms with E-state index in [0.29, 0.717) is 29.8 Å². The molecule has 2 aliphatic carbocycles. The van der Waals surface area contributed by atoms with Crippen LogP contribution in [-0.4, -0.2) is 60.9 Å². The first-order valence-corrected chi connectivity index (χ1v) is 14.5. The fourth-order valence-electron chi connectivity index (χ4n) is 7.56. The minimum atomic E-state index is -0.783. The Morgan fingerprint density at radius 1 is 1.08 bits per heavy atom. The molecule has 2 saturated carbocycles. The van der Waals surface area contributed by atoms with Gasteiger partial charge in [-0.1, -0.05) is 56.8 Å². The van der Waals surface area contributed by atoms with Crippen molar-refractivity contribution in [3.8, 4) is 0 Å². The van der Waals surface area contributed by atoms with Gasteiger partial charge in [0.1, 0.15) is 0 Å². The first-order valence-electron chi connectivity index (χ1n) is 14.1. The Kier molecular flexibility index (Phi) is 9.04. The molecule has 3 atom stereocenters. The number of aliphatic imine (C=N–C) groups is 1. The average molecular weight is 516 g/mol. The maximum Gasteiger partial charge on any atom is 0.335 e. The van der Waals surface area contributed by atoms with Crippen LogP contribution in [-0.2, 0) is 9.53 Å². The van der Waals surface area contributed by atoms with Gasteiger partial charge in [0.15, 0.2) is 5.54 Å². The number of esters is 1. The molecule has 4 rings (SSSR count). The molecule has 0 radical (unpaired) electrons. The number of hydrogen-bond donors (Lipinski definition) is 0. The molecule has 1 aromatic rings. The van der Waals surface area contributed by atoms with E-state index in [4.69, 9.17) is 21.3 Å². The van der Waals surface area contributed by atoms with Crippen LogP contribution < -0.4 is 0 Å². The molecule has 3 unspecified atom stereocenters. The third kappa shape index (κ3) is 5.62. The molecule has 5 nitrogen and oxygen atoms in total. The molecule has 36 heavy (non-hydrogen) atoms. The molecule has 1 aromatic carbocycles. The minimum Gasteiger partial charge on any atom is -0.467 e. The van der Waals surface area contributed by atoms with Crippen molar-refractivity contribution in [3.05, 3.63) is 34.9 Å². The molecular weight excluding hydrogens is 470 g/mol. The third-order valence-corrected chi connectivity index (χ3v) is 9.22. The lowest BCUT2D eigenvalue weighted by atomic mass is 9.68. The summed E-state index contributed by atoms with van der Waals surface area (Å²) >= 11 is 6.18. The van der Waals surface area contributed by atoms with Gasteiger partial charge in [0.05, 0.1) is 19.5 Å². The summed E-state index contributed by atoms with van der Waals surface area (Å²) in [4.78, 5) is 23.4. The van der Waals surface area contributed by atoms with Crippen molar-refractivity contribution in [2.75, 3.05) is 21.2 Å². The van der Waals surface area contributed by atoms with Gasteiger partial charge in [0, 0.05) is 17.1 Å². The highest BCUT2D eigenvalue weighted by atomic mass is 35.5. The fraction of sp³-hybridized carbons (Fsp3) is 0.733. The summed E-state index contributed by atoms with van der Waals surface area (Å²) in [6, 6.07) is 9.34. The number of halogens is 1. The molecule has 0 aromatic heterocycles. The van der Waals surface area contributed by atoms with Crippen LogP contribution >= 0.6 is 11.6 Å². The summed E-state index contributed by atoms with van der Waals surface area (Å²) in [7, 11) is 5.91. The van der Waals surface area contributed by atoms with Crippen LogP contribution in [0, 0.1) is 17.8 Å². The number of carbonyl (C=O) groups excluding carboxylic acids is 1. The number of hydrogen-bond acceptors (Lipinski definition) is 5. The van der Waals surface area contributed by atoms with Crippen molar-refractivity contribution in [1.82, 2.24) is 9.80 Å². The molecule has 0 bridgehead atoms. The smallest absolute Gasteiger partial charge is 0.335 e. The lowest BCUT2D eigenvalue weighted by molar-refractivity contribution is -0.151. The Hall–Kier alpha value is -1.59. The van der Waals surface area contributed by atoms with Gasteiger partial charge in [0.25, 0.3) is 0 Å². The van der Waals surface area contributed by atoms with E-state index in [1.807, 2.05) is 18.5 Å². The Balaban J connectivity index is 1.58. The second kappa shape index (κ2) is 11.9. The maximum atomic E-state index is 13.4. The molecule has 1 heterocycles. The number of carbonyl (C=O) groups is 1. The third-order valence-electron chi connectivity index (χ3n) is 8.96. The minimum absolute atomic E-state index is 0.102. The monoisotopic (exact) mass is 515 g/mol. The Morgan fingerprint density at radius 2 is 1.72 bits per heavy atom. The normalized spacial score (nSPS) is 30.2. The van der Waals surface area contributed by atoms with Crippen LogP contribution in [0.2, 0.25) is 5.02 Å². The van der Waals surface area contributed by atoms with Crippen LogP contribution in [0.4, 0.5) is 0 Å². The number of ether oxygens (including phenoxy) is 1. The van der Waals surface area contributed by atoms with E-state index in [-0.39, 0.29) is 12.0 Å². The summed E-state index contributed by atoms with van der Waals surface area (Å²) in [6.07, 6.45) is 13.6. The molecular formula is C30H46ClN3O2. The quantitative estimate of drug-likeness (QED) is 0.359. The average Bonchev–Trinajstić information content (AvgIpc) is 3.25. The molecule has 1 aliphatic heterocycles. The second-order valence-electron chi connectivity index (χ2n) is 12.1. The zero-order valence-electron chi connectivity index (χ0n) is 23.0. The van der Waals surface area contributed by atoms with Crippen LogP contribution in [0.5, 0.6) is 0 Å². The van der Waals surface area contributed by atoms with Crippen LogP contribution in [0.3, 0.4) is 0 Å². The Bertz CT molecular complexity index is 888. The number of nitrogens with zero attached hydrogens (tertiary/aromatic N) is 3.